The number of amides is 1. The van der Waals surface area contributed by atoms with E-state index in [1.807, 2.05) is 0 Å². The van der Waals surface area contributed by atoms with E-state index in [9.17, 15) is 4.79 Å². The van der Waals surface area contributed by atoms with Gasteiger partial charge in [-0.2, -0.15) is 0 Å². The molecule has 1 heterocycles. The van der Waals surface area contributed by atoms with Gasteiger partial charge in [0.1, 0.15) is 5.82 Å². The van der Waals surface area contributed by atoms with E-state index in [4.69, 9.17) is 11.6 Å². The van der Waals surface area contributed by atoms with Crippen LogP contribution in [0.25, 0.3) is 0 Å². The van der Waals surface area contributed by atoms with Crippen LogP contribution >= 0.6 is 23.4 Å². The van der Waals surface area contributed by atoms with Crippen molar-refractivity contribution >= 4 is 29.3 Å². The molecular weight excluding hydrogens is 392 g/mol. The molecule has 0 bridgehead atoms. The maximum atomic E-state index is 12.2. The van der Waals surface area contributed by atoms with Gasteiger partial charge in [-0.25, -0.2) is 0 Å². The molecule has 0 aliphatic rings. The average molecular weight is 415 g/mol. The third-order valence-corrected chi connectivity index (χ3v) is 5.74. The summed E-state index contributed by atoms with van der Waals surface area (Å²) in [5.74, 6) is 1.62. The maximum Gasteiger partial charge on any atom is 0.251 e. The average Bonchev–Trinajstić information content (AvgIpc) is 3.09. The molecule has 0 aliphatic heterocycles. The number of nitrogens with zero attached hydrogens (tertiary/aromatic N) is 3. The molecule has 146 valence electrons. The van der Waals surface area contributed by atoms with Crippen molar-refractivity contribution in [3.05, 3.63) is 76.1 Å². The lowest BCUT2D eigenvalue weighted by Gasteiger charge is -2.09. The molecule has 5 nitrogen and oxygen atoms in total. The molecule has 0 spiro atoms. The lowest BCUT2D eigenvalue weighted by atomic mass is 10.1. The smallest absolute Gasteiger partial charge is 0.251 e. The molecule has 0 radical (unpaired) electrons. The van der Waals surface area contributed by atoms with Crippen LogP contribution in [0.3, 0.4) is 0 Å². The van der Waals surface area contributed by atoms with Gasteiger partial charge in [0.25, 0.3) is 5.91 Å². The van der Waals surface area contributed by atoms with Crippen LogP contribution in [0.2, 0.25) is 5.02 Å². The fourth-order valence-corrected chi connectivity index (χ4v) is 4.06. The predicted molar refractivity (Wildman–Crippen MR) is 114 cm³/mol. The lowest BCUT2D eigenvalue weighted by molar-refractivity contribution is 0.0954. The zero-order valence-corrected chi connectivity index (χ0v) is 17.6. The van der Waals surface area contributed by atoms with Gasteiger partial charge in [-0.3, -0.25) is 4.79 Å². The van der Waals surface area contributed by atoms with Gasteiger partial charge in [0.2, 0.25) is 0 Å². The SMILES string of the molecule is CCn1c(CCNC(=O)c2ccc(Cl)cc2)nnc1SCc1ccccc1C. The van der Waals surface area contributed by atoms with Gasteiger partial charge in [-0.05, 0) is 49.2 Å². The van der Waals surface area contributed by atoms with Crippen LogP contribution in [-0.2, 0) is 18.7 Å². The van der Waals surface area contributed by atoms with Crippen molar-refractivity contribution in [2.45, 2.75) is 37.7 Å². The van der Waals surface area contributed by atoms with E-state index in [1.165, 1.54) is 11.1 Å². The number of benzene rings is 2. The summed E-state index contributed by atoms with van der Waals surface area (Å²) in [6.45, 7) is 5.50. The van der Waals surface area contributed by atoms with Gasteiger partial charge in [-0.1, -0.05) is 47.6 Å². The zero-order valence-electron chi connectivity index (χ0n) is 16.0. The highest BCUT2D eigenvalue weighted by Gasteiger charge is 2.12. The Hall–Kier alpha value is -2.31. The first kappa shape index (κ1) is 20.4. The highest BCUT2D eigenvalue weighted by atomic mass is 35.5. The number of halogens is 1. The van der Waals surface area contributed by atoms with Gasteiger partial charge in [-0.15, -0.1) is 10.2 Å². The summed E-state index contributed by atoms with van der Waals surface area (Å²) >= 11 is 7.55. The van der Waals surface area contributed by atoms with Crippen LogP contribution in [0.15, 0.2) is 53.7 Å². The van der Waals surface area contributed by atoms with Crippen molar-refractivity contribution in [1.29, 1.82) is 0 Å². The van der Waals surface area contributed by atoms with E-state index in [0.29, 0.717) is 23.6 Å². The Labute approximate surface area is 174 Å². The molecule has 3 aromatic rings. The summed E-state index contributed by atoms with van der Waals surface area (Å²) in [7, 11) is 0. The van der Waals surface area contributed by atoms with Gasteiger partial charge in [0.15, 0.2) is 5.16 Å². The van der Waals surface area contributed by atoms with Gasteiger partial charge in [0.05, 0.1) is 0 Å². The molecule has 1 amide bonds. The molecule has 2 aromatic carbocycles. The van der Waals surface area contributed by atoms with Gasteiger partial charge >= 0.3 is 0 Å². The highest BCUT2D eigenvalue weighted by molar-refractivity contribution is 7.98. The lowest BCUT2D eigenvalue weighted by Crippen LogP contribution is -2.26. The summed E-state index contributed by atoms with van der Waals surface area (Å²) in [5.41, 5.74) is 3.17. The van der Waals surface area contributed by atoms with E-state index in [0.717, 1.165) is 23.3 Å². The number of aryl methyl sites for hydroxylation is 1. The van der Waals surface area contributed by atoms with Gasteiger partial charge in [0, 0.05) is 35.8 Å². The van der Waals surface area contributed by atoms with Crippen LogP contribution in [0.4, 0.5) is 0 Å². The third-order valence-electron chi connectivity index (χ3n) is 4.47. The first-order valence-electron chi connectivity index (χ1n) is 9.21. The number of rotatable bonds is 8. The molecule has 0 aliphatic carbocycles. The molecule has 0 saturated heterocycles. The summed E-state index contributed by atoms with van der Waals surface area (Å²) in [4.78, 5) is 12.2. The minimum atomic E-state index is -0.117. The molecule has 0 fully saturated rings. The zero-order chi connectivity index (χ0) is 19.9. The van der Waals surface area contributed by atoms with E-state index >= 15 is 0 Å². The second-order valence-corrected chi connectivity index (χ2v) is 7.75. The minimum absolute atomic E-state index is 0.117. The molecule has 7 heteroatoms. The van der Waals surface area contributed by atoms with E-state index in [1.54, 1.807) is 36.0 Å². The first-order chi connectivity index (χ1) is 13.6. The number of carbonyl (C=O) groups is 1. The topological polar surface area (TPSA) is 59.8 Å². The van der Waals surface area contributed by atoms with E-state index in [2.05, 4.69) is 58.2 Å². The number of aromatic nitrogens is 3. The number of hydrogen-bond acceptors (Lipinski definition) is 4. The largest absolute Gasteiger partial charge is 0.352 e. The van der Waals surface area contributed by atoms with Crippen molar-refractivity contribution in [1.82, 2.24) is 20.1 Å². The van der Waals surface area contributed by atoms with Crippen molar-refractivity contribution in [3.63, 3.8) is 0 Å². The van der Waals surface area contributed by atoms with Crippen molar-refractivity contribution in [2.75, 3.05) is 6.54 Å². The number of hydrogen-bond donors (Lipinski definition) is 1. The maximum absolute atomic E-state index is 12.2. The summed E-state index contributed by atoms with van der Waals surface area (Å²) < 4.78 is 2.11. The van der Waals surface area contributed by atoms with Crippen molar-refractivity contribution in [2.24, 2.45) is 0 Å². The summed E-state index contributed by atoms with van der Waals surface area (Å²) in [5, 5.41) is 13.1. The molecule has 1 aromatic heterocycles. The van der Waals surface area contributed by atoms with Crippen molar-refractivity contribution < 1.29 is 4.79 Å². The molecule has 0 saturated carbocycles. The Kier molecular flexibility index (Phi) is 7.12. The Morgan fingerprint density at radius 3 is 2.61 bits per heavy atom. The molecule has 3 rings (SSSR count). The summed E-state index contributed by atoms with van der Waals surface area (Å²) in [6, 6.07) is 15.2. The first-order valence-corrected chi connectivity index (χ1v) is 10.6. The summed E-state index contributed by atoms with van der Waals surface area (Å²) in [6.07, 6.45) is 0.630. The molecule has 1 N–H and O–H groups in total. The number of thioether (sulfide) groups is 1. The van der Waals surface area contributed by atoms with Crippen LogP contribution < -0.4 is 5.32 Å². The van der Waals surface area contributed by atoms with Gasteiger partial charge < -0.3 is 9.88 Å². The Morgan fingerprint density at radius 1 is 1.14 bits per heavy atom. The monoisotopic (exact) mass is 414 g/mol. The van der Waals surface area contributed by atoms with E-state index in [-0.39, 0.29) is 5.91 Å². The standard InChI is InChI=1S/C21H23ClN4OS/c1-3-26-19(12-13-23-20(27)16-8-10-18(22)11-9-16)24-25-21(26)28-14-17-7-5-4-6-15(17)2/h4-11H,3,12-14H2,1-2H3,(H,23,27). The van der Waals surface area contributed by atoms with Crippen LogP contribution in [0, 0.1) is 6.92 Å². The van der Waals surface area contributed by atoms with Crippen LogP contribution in [-0.4, -0.2) is 27.2 Å². The highest BCUT2D eigenvalue weighted by Crippen LogP contribution is 2.23. The fraction of sp³-hybridized carbons (Fsp3) is 0.286. The molecule has 0 atom stereocenters. The second kappa shape index (κ2) is 9.75. The Morgan fingerprint density at radius 2 is 1.89 bits per heavy atom. The quantitative estimate of drug-likeness (QED) is 0.550. The Balaban J connectivity index is 1.56. The number of nitrogens with one attached hydrogen (secondary N) is 1. The fourth-order valence-electron chi connectivity index (χ4n) is 2.83. The molecular formula is C21H23ClN4OS. The third kappa shape index (κ3) is 5.14. The van der Waals surface area contributed by atoms with Crippen LogP contribution in [0.5, 0.6) is 0 Å². The van der Waals surface area contributed by atoms with E-state index < -0.39 is 0 Å². The predicted octanol–water partition coefficient (Wildman–Crippen LogP) is 4.52. The molecule has 28 heavy (non-hydrogen) atoms. The van der Waals surface area contributed by atoms with Crippen LogP contribution in [0.1, 0.15) is 34.2 Å². The van der Waals surface area contributed by atoms with Crippen molar-refractivity contribution in [3.8, 4) is 0 Å². The Bertz CT molecular complexity index is 940. The number of carbonyl (C=O) groups excluding carboxylic acids is 1. The second-order valence-electron chi connectivity index (χ2n) is 6.37. The minimum Gasteiger partial charge on any atom is -0.352 e. The normalized spacial score (nSPS) is 10.8. The molecule has 0 unspecified atom stereocenters.